The summed E-state index contributed by atoms with van der Waals surface area (Å²) in [5.41, 5.74) is 0.164. The quantitative estimate of drug-likeness (QED) is 0.131. The van der Waals surface area contributed by atoms with Gasteiger partial charge in [-0.15, -0.1) is 0 Å². The third-order valence-electron chi connectivity index (χ3n) is 8.27. The molecule has 3 heteroatoms. The number of hydrogen-bond donors (Lipinski definition) is 1. The summed E-state index contributed by atoms with van der Waals surface area (Å²) in [4.78, 5) is 6.35. The van der Waals surface area contributed by atoms with Crippen molar-refractivity contribution in [2.24, 2.45) is 0 Å². The molecule has 0 aromatic heterocycles. The van der Waals surface area contributed by atoms with Gasteiger partial charge in [-0.05, 0) is 59.9 Å². The SMILES string of the molecule is CCCCCCCCCCCCCCCCCCNC1CC(C)(C)N(OCCCCCC)C(C)(C)C1. The lowest BCUT2D eigenvalue weighted by Gasteiger charge is -2.54. The van der Waals surface area contributed by atoms with Crippen LogP contribution >= 0.6 is 0 Å². The van der Waals surface area contributed by atoms with Crippen molar-refractivity contribution in [2.75, 3.05) is 13.2 Å². The van der Waals surface area contributed by atoms with Crippen molar-refractivity contribution in [3.05, 3.63) is 0 Å². The average molecular weight is 509 g/mol. The Hall–Kier alpha value is -0.120. The molecule has 0 radical (unpaired) electrons. The second-order valence-corrected chi connectivity index (χ2v) is 13.2. The van der Waals surface area contributed by atoms with Gasteiger partial charge in [0.25, 0.3) is 0 Å². The molecular formula is C33H68N2O. The van der Waals surface area contributed by atoms with Gasteiger partial charge in [0, 0.05) is 17.1 Å². The van der Waals surface area contributed by atoms with Crippen LogP contribution in [0, 0.1) is 0 Å². The minimum Gasteiger partial charge on any atom is -0.314 e. The molecule has 0 aliphatic carbocycles. The third-order valence-corrected chi connectivity index (χ3v) is 8.27. The van der Waals surface area contributed by atoms with Crippen LogP contribution in [-0.2, 0) is 4.84 Å². The van der Waals surface area contributed by atoms with Crippen LogP contribution in [0.4, 0.5) is 0 Å². The van der Waals surface area contributed by atoms with Crippen molar-refractivity contribution in [3.8, 4) is 0 Å². The maximum absolute atomic E-state index is 6.35. The minimum absolute atomic E-state index is 0.0821. The first-order valence-electron chi connectivity index (χ1n) is 16.5. The molecule has 1 rings (SSSR count). The van der Waals surface area contributed by atoms with Crippen LogP contribution in [0.15, 0.2) is 0 Å². The summed E-state index contributed by atoms with van der Waals surface area (Å²) >= 11 is 0. The lowest BCUT2D eigenvalue weighted by molar-refractivity contribution is -0.284. The fourth-order valence-corrected chi connectivity index (χ4v) is 6.42. The summed E-state index contributed by atoms with van der Waals surface area (Å²) in [6.45, 7) is 16.1. The minimum atomic E-state index is 0.0821. The zero-order valence-electron chi connectivity index (χ0n) is 25.9. The number of rotatable bonds is 24. The Bertz CT molecular complexity index is 472. The highest BCUT2D eigenvalue weighted by atomic mass is 16.7. The van der Waals surface area contributed by atoms with Gasteiger partial charge in [0.2, 0.25) is 0 Å². The van der Waals surface area contributed by atoms with Gasteiger partial charge in [0.1, 0.15) is 0 Å². The van der Waals surface area contributed by atoms with Crippen molar-refractivity contribution in [1.29, 1.82) is 0 Å². The van der Waals surface area contributed by atoms with Gasteiger partial charge in [-0.3, -0.25) is 4.84 Å². The summed E-state index contributed by atoms with van der Waals surface area (Å²) in [5, 5.41) is 6.24. The Morgan fingerprint density at radius 2 is 0.917 bits per heavy atom. The van der Waals surface area contributed by atoms with Gasteiger partial charge in [0.15, 0.2) is 0 Å². The molecule has 0 saturated carbocycles. The Morgan fingerprint density at radius 1 is 0.556 bits per heavy atom. The van der Waals surface area contributed by atoms with E-state index in [0.717, 1.165) is 6.61 Å². The average Bonchev–Trinajstić information content (AvgIpc) is 2.81. The number of hydroxylamine groups is 2. The maximum Gasteiger partial charge on any atom is 0.0685 e. The molecule has 0 atom stereocenters. The zero-order chi connectivity index (χ0) is 26.5. The zero-order valence-corrected chi connectivity index (χ0v) is 25.9. The number of nitrogens with zero attached hydrogens (tertiary/aromatic N) is 1. The molecule has 0 bridgehead atoms. The molecule has 1 N–H and O–H groups in total. The fraction of sp³-hybridized carbons (Fsp3) is 1.00. The van der Waals surface area contributed by atoms with Gasteiger partial charge in [-0.25, -0.2) is 0 Å². The molecule has 0 aromatic rings. The van der Waals surface area contributed by atoms with E-state index in [4.69, 9.17) is 4.84 Å². The van der Waals surface area contributed by atoms with Crippen LogP contribution in [0.1, 0.15) is 183 Å². The molecule has 1 aliphatic heterocycles. The molecule has 1 saturated heterocycles. The van der Waals surface area contributed by atoms with E-state index in [9.17, 15) is 0 Å². The van der Waals surface area contributed by atoms with E-state index in [1.807, 2.05) is 0 Å². The Morgan fingerprint density at radius 3 is 1.33 bits per heavy atom. The maximum atomic E-state index is 6.35. The van der Waals surface area contributed by atoms with E-state index in [1.165, 1.54) is 148 Å². The monoisotopic (exact) mass is 509 g/mol. The molecular weight excluding hydrogens is 440 g/mol. The van der Waals surface area contributed by atoms with E-state index in [1.54, 1.807) is 0 Å². The standard InChI is InChI=1S/C33H68N2O/c1-7-9-11-13-14-15-16-17-18-19-20-21-22-23-24-25-27-34-31-29-32(3,4)35(33(5,6)30-31)36-28-26-12-10-8-2/h31,34H,7-30H2,1-6H3. The molecule has 3 nitrogen and oxygen atoms in total. The second kappa shape index (κ2) is 20.8. The topological polar surface area (TPSA) is 24.5 Å². The highest BCUT2D eigenvalue weighted by Gasteiger charge is 2.46. The van der Waals surface area contributed by atoms with Crippen LogP contribution in [0.3, 0.4) is 0 Å². The van der Waals surface area contributed by atoms with E-state index in [-0.39, 0.29) is 11.1 Å². The molecule has 1 heterocycles. The molecule has 1 fully saturated rings. The molecule has 36 heavy (non-hydrogen) atoms. The van der Waals surface area contributed by atoms with Crippen LogP contribution in [0.2, 0.25) is 0 Å². The Balaban J connectivity index is 2.00. The van der Waals surface area contributed by atoms with Crippen molar-refractivity contribution in [3.63, 3.8) is 0 Å². The summed E-state index contributed by atoms with van der Waals surface area (Å²) in [6.07, 6.45) is 30.4. The smallest absolute Gasteiger partial charge is 0.0685 e. The molecule has 0 amide bonds. The van der Waals surface area contributed by atoms with Gasteiger partial charge < -0.3 is 5.32 Å². The molecule has 216 valence electrons. The van der Waals surface area contributed by atoms with Crippen LogP contribution in [0.5, 0.6) is 0 Å². The first-order valence-corrected chi connectivity index (χ1v) is 16.5. The normalized spacial score (nSPS) is 18.2. The van der Waals surface area contributed by atoms with Crippen LogP contribution in [-0.4, -0.2) is 35.3 Å². The lowest BCUT2D eigenvalue weighted by Crippen LogP contribution is -2.63. The third kappa shape index (κ3) is 16.0. The Labute approximate surface area is 228 Å². The van der Waals surface area contributed by atoms with E-state index >= 15 is 0 Å². The van der Waals surface area contributed by atoms with Gasteiger partial charge in [-0.2, -0.15) is 5.06 Å². The lowest BCUT2D eigenvalue weighted by atomic mass is 9.79. The van der Waals surface area contributed by atoms with Crippen molar-refractivity contribution in [1.82, 2.24) is 10.4 Å². The van der Waals surface area contributed by atoms with Gasteiger partial charge >= 0.3 is 0 Å². The van der Waals surface area contributed by atoms with Crippen molar-refractivity contribution < 1.29 is 4.84 Å². The summed E-state index contributed by atoms with van der Waals surface area (Å²) < 4.78 is 0. The van der Waals surface area contributed by atoms with E-state index in [2.05, 4.69) is 51.9 Å². The summed E-state index contributed by atoms with van der Waals surface area (Å²) in [7, 11) is 0. The van der Waals surface area contributed by atoms with Crippen LogP contribution < -0.4 is 5.32 Å². The summed E-state index contributed by atoms with van der Waals surface area (Å²) in [5.74, 6) is 0. The number of nitrogens with one attached hydrogen (secondary N) is 1. The predicted octanol–water partition coefficient (Wildman–Crippen LogP) is 10.4. The van der Waals surface area contributed by atoms with Crippen LogP contribution in [0.25, 0.3) is 0 Å². The molecule has 1 aliphatic rings. The van der Waals surface area contributed by atoms with Gasteiger partial charge in [-0.1, -0.05) is 129 Å². The summed E-state index contributed by atoms with van der Waals surface area (Å²) in [6, 6.07) is 0.603. The van der Waals surface area contributed by atoms with Crippen molar-refractivity contribution >= 4 is 0 Å². The van der Waals surface area contributed by atoms with E-state index < -0.39 is 0 Å². The largest absolute Gasteiger partial charge is 0.314 e. The van der Waals surface area contributed by atoms with Gasteiger partial charge in [0.05, 0.1) is 6.61 Å². The highest BCUT2D eigenvalue weighted by Crippen LogP contribution is 2.38. The van der Waals surface area contributed by atoms with Crippen molar-refractivity contribution in [2.45, 2.75) is 200 Å². The highest BCUT2D eigenvalue weighted by molar-refractivity contribution is 4.99. The first-order chi connectivity index (χ1) is 17.3. The second-order valence-electron chi connectivity index (χ2n) is 13.2. The number of hydrogen-bond acceptors (Lipinski definition) is 3. The Kier molecular flexibility index (Phi) is 19.6. The van der Waals surface area contributed by atoms with E-state index in [0.29, 0.717) is 6.04 Å². The fourth-order valence-electron chi connectivity index (χ4n) is 6.42. The number of piperidine rings is 1. The molecule has 0 aromatic carbocycles. The predicted molar refractivity (Wildman–Crippen MR) is 161 cm³/mol. The first kappa shape index (κ1) is 33.9. The number of unbranched alkanes of at least 4 members (excludes halogenated alkanes) is 18. The molecule has 0 spiro atoms. The molecule has 0 unspecified atom stereocenters.